The van der Waals surface area contributed by atoms with E-state index in [1.807, 2.05) is 6.92 Å². The van der Waals surface area contributed by atoms with Gasteiger partial charge in [0, 0.05) is 26.7 Å². The van der Waals surface area contributed by atoms with Gasteiger partial charge in [-0.1, -0.05) is 33.6 Å². The van der Waals surface area contributed by atoms with E-state index in [1.165, 1.54) is 17.7 Å². The summed E-state index contributed by atoms with van der Waals surface area (Å²) in [5.74, 6) is 1.38. The molecule has 0 aromatic rings. The van der Waals surface area contributed by atoms with Crippen LogP contribution in [0.2, 0.25) is 0 Å². The zero-order chi connectivity index (χ0) is 18.9. The first-order chi connectivity index (χ1) is 11.8. The average molecular weight is 354 g/mol. The Morgan fingerprint density at radius 2 is 1.84 bits per heavy atom. The van der Waals surface area contributed by atoms with E-state index in [-0.39, 0.29) is 11.9 Å². The fourth-order valence-corrected chi connectivity index (χ4v) is 2.74. The van der Waals surface area contributed by atoms with Crippen molar-refractivity contribution < 1.29 is 9.59 Å². The second-order valence-electron chi connectivity index (χ2n) is 7.24. The summed E-state index contributed by atoms with van der Waals surface area (Å²) in [6, 6.07) is -0.290. The number of amides is 3. The van der Waals surface area contributed by atoms with Crippen LogP contribution in [0.3, 0.4) is 0 Å². The van der Waals surface area contributed by atoms with Crippen molar-refractivity contribution in [3.63, 3.8) is 0 Å². The lowest BCUT2D eigenvalue weighted by Crippen LogP contribution is -2.43. The van der Waals surface area contributed by atoms with E-state index >= 15 is 0 Å². The second-order valence-corrected chi connectivity index (χ2v) is 7.24. The van der Waals surface area contributed by atoms with Crippen molar-refractivity contribution >= 4 is 17.9 Å². The Kier molecular flexibility index (Phi) is 8.72. The molecule has 1 fully saturated rings. The van der Waals surface area contributed by atoms with E-state index in [1.54, 1.807) is 14.0 Å². The number of hydrogen-bond donors (Lipinski definition) is 3. The molecule has 1 atom stereocenters. The molecule has 0 aromatic carbocycles. The number of unbranched alkanes of at least 4 members (excludes halogenated alkanes) is 1. The van der Waals surface area contributed by atoms with Crippen LogP contribution in [0.5, 0.6) is 0 Å². The number of carbonyl (C=O) groups is 2. The summed E-state index contributed by atoms with van der Waals surface area (Å²) in [4.78, 5) is 29.7. The number of urea groups is 1. The SMILES string of the molecule is CCC1(C)NC(=O)N(CCCNC(=NC)NCCCCC(C)C)C1=O. The lowest BCUT2D eigenvalue weighted by atomic mass is 9.99. The van der Waals surface area contributed by atoms with Gasteiger partial charge in [0.25, 0.3) is 5.91 Å². The minimum atomic E-state index is -0.752. The van der Waals surface area contributed by atoms with Gasteiger partial charge in [0.2, 0.25) is 0 Å². The Balaban J connectivity index is 2.23. The van der Waals surface area contributed by atoms with Gasteiger partial charge in [0.15, 0.2) is 5.96 Å². The van der Waals surface area contributed by atoms with Crippen molar-refractivity contribution in [3.8, 4) is 0 Å². The molecule has 1 saturated heterocycles. The summed E-state index contributed by atoms with van der Waals surface area (Å²) in [5.41, 5.74) is -0.752. The summed E-state index contributed by atoms with van der Waals surface area (Å²) in [6.07, 6.45) is 4.87. The Labute approximate surface area is 152 Å². The molecule has 144 valence electrons. The maximum Gasteiger partial charge on any atom is 0.325 e. The van der Waals surface area contributed by atoms with Gasteiger partial charge in [-0.25, -0.2) is 4.79 Å². The molecule has 1 aliphatic heterocycles. The van der Waals surface area contributed by atoms with Crippen molar-refractivity contribution in [2.75, 3.05) is 26.7 Å². The second kappa shape index (κ2) is 10.3. The molecule has 0 aliphatic carbocycles. The monoisotopic (exact) mass is 353 g/mol. The van der Waals surface area contributed by atoms with Gasteiger partial charge in [-0.15, -0.1) is 0 Å². The van der Waals surface area contributed by atoms with Crippen molar-refractivity contribution in [3.05, 3.63) is 0 Å². The molecule has 3 N–H and O–H groups in total. The highest BCUT2D eigenvalue weighted by atomic mass is 16.2. The fourth-order valence-electron chi connectivity index (χ4n) is 2.74. The number of imide groups is 1. The molecule has 1 heterocycles. The summed E-state index contributed by atoms with van der Waals surface area (Å²) in [5, 5.41) is 9.29. The molecular weight excluding hydrogens is 318 g/mol. The number of nitrogens with one attached hydrogen (secondary N) is 3. The fraction of sp³-hybridized carbons (Fsp3) is 0.833. The van der Waals surface area contributed by atoms with Crippen molar-refractivity contribution in [1.82, 2.24) is 20.9 Å². The summed E-state index contributed by atoms with van der Waals surface area (Å²) in [6.45, 7) is 10.1. The predicted molar refractivity (Wildman–Crippen MR) is 102 cm³/mol. The third kappa shape index (κ3) is 6.55. The zero-order valence-corrected chi connectivity index (χ0v) is 16.4. The summed E-state index contributed by atoms with van der Waals surface area (Å²) < 4.78 is 0. The molecule has 0 bridgehead atoms. The molecule has 0 radical (unpaired) electrons. The molecule has 7 heteroatoms. The topological polar surface area (TPSA) is 85.8 Å². The maximum atomic E-state index is 12.3. The highest BCUT2D eigenvalue weighted by Gasteiger charge is 2.45. The van der Waals surface area contributed by atoms with Crippen molar-refractivity contribution in [2.24, 2.45) is 10.9 Å². The van der Waals surface area contributed by atoms with Crippen LogP contribution in [0, 0.1) is 5.92 Å². The minimum Gasteiger partial charge on any atom is -0.356 e. The maximum absolute atomic E-state index is 12.3. The summed E-state index contributed by atoms with van der Waals surface area (Å²) in [7, 11) is 1.74. The van der Waals surface area contributed by atoms with Crippen LogP contribution >= 0.6 is 0 Å². The van der Waals surface area contributed by atoms with Gasteiger partial charge >= 0.3 is 6.03 Å². The van der Waals surface area contributed by atoms with Crippen LogP contribution in [0.15, 0.2) is 4.99 Å². The number of rotatable bonds is 10. The lowest BCUT2D eigenvalue weighted by molar-refractivity contribution is -0.130. The molecule has 25 heavy (non-hydrogen) atoms. The summed E-state index contributed by atoms with van der Waals surface area (Å²) >= 11 is 0. The first kappa shape index (κ1) is 21.3. The molecule has 1 unspecified atom stereocenters. The van der Waals surface area contributed by atoms with Gasteiger partial charge in [-0.05, 0) is 32.1 Å². The van der Waals surface area contributed by atoms with Gasteiger partial charge in [-0.3, -0.25) is 14.7 Å². The number of aliphatic imine (C=N–C) groups is 1. The molecule has 3 amide bonds. The average Bonchev–Trinajstić information content (AvgIpc) is 2.79. The van der Waals surface area contributed by atoms with Crippen molar-refractivity contribution in [1.29, 1.82) is 0 Å². The quantitative estimate of drug-likeness (QED) is 0.243. The number of nitrogens with zero attached hydrogens (tertiary/aromatic N) is 2. The van der Waals surface area contributed by atoms with Crippen LogP contribution < -0.4 is 16.0 Å². The van der Waals surface area contributed by atoms with Crippen LogP contribution in [0.4, 0.5) is 4.79 Å². The lowest BCUT2D eigenvalue weighted by Gasteiger charge is -2.19. The first-order valence-corrected chi connectivity index (χ1v) is 9.42. The molecular formula is C18H35N5O2. The molecule has 0 saturated carbocycles. The highest BCUT2D eigenvalue weighted by Crippen LogP contribution is 2.20. The van der Waals surface area contributed by atoms with E-state index in [4.69, 9.17) is 0 Å². The first-order valence-electron chi connectivity index (χ1n) is 9.42. The van der Waals surface area contributed by atoms with Gasteiger partial charge in [0.1, 0.15) is 5.54 Å². The van der Waals surface area contributed by atoms with E-state index in [0.717, 1.165) is 24.8 Å². The van der Waals surface area contributed by atoms with Crippen LogP contribution in [0.25, 0.3) is 0 Å². The Morgan fingerprint density at radius 1 is 1.20 bits per heavy atom. The molecule has 1 rings (SSSR count). The van der Waals surface area contributed by atoms with Crippen molar-refractivity contribution in [2.45, 2.75) is 65.3 Å². The van der Waals surface area contributed by atoms with E-state index in [0.29, 0.717) is 25.9 Å². The number of carbonyl (C=O) groups excluding carboxylic acids is 2. The number of hydrogen-bond acceptors (Lipinski definition) is 3. The standard InChI is InChI=1S/C18H35N5O2/c1-6-18(4)15(24)23(17(25)22-18)13-9-12-21-16(19-5)20-11-8-7-10-14(2)3/h14H,6-13H2,1-5H3,(H,22,25)(H2,19,20,21). The van der Waals surface area contributed by atoms with Gasteiger partial charge in [0.05, 0.1) is 0 Å². The van der Waals surface area contributed by atoms with E-state index in [9.17, 15) is 9.59 Å². The predicted octanol–water partition coefficient (Wildman–Crippen LogP) is 2.09. The van der Waals surface area contributed by atoms with Gasteiger partial charge in [-0.2, -0.15) is 0 Å². The molecule has 7 nitrogen and oxygen atoms in total. The Hall–Kier alpha value is -1.79. The zero-order valence-electron chi connectivity index (χ0n) is 16.4. The smallest absolute Gasteiger partial charge is 0.325 e. The van der Waals surface area contributed by atoms with E-state index < -0.39 is 5.54 Å². The third-order valence-electron chi connectivity index (χ3n) is 4.63. The third-order valence-corrected chi connectivity index (χ3v) is 4.63. The largest absolute Gasteiger partial charge is 0.356 e. The molecule has 0 aromatic heterocycles. The van der Waals surface area contributed by atoms with Crippen LogP contribution in [0.1, 0.15) is 59.8 Å². The molecule has 0 spiro atoms. The minimum absolute atomic E-state index is 0.132. The highest BCUT2D eigenvalue weighted by molar-refractivity contribution is 6.06. The Bertz CT molecular complexity index is 478. The number of guanidine groups is 1. The Morgan fingerprint density at radius 3 is 2.36 bits per heavy atom. The van der Waals surface area contributed by atoms with Crippen LogP contribution in [-0.4, -0.2) is 55.0 Å². The molecule has 1 aliphatic rings. The normalized spacial score (nSPS) is 21.0. The van der Waals surface area contributed by atoms with E-state index in [2.05, 4.69) is 34.8 Å². The van der Waals surface area contributed by atoms with Gasteiger partial charge < -0.3 is 16.0 Å². The van der Waals surface area contributed by atoms with Crippen LogP contribution in [-0.2, 0) is 4.79 Å².